The number of aromatic carboxylic acids is 1. The molecule has 1 aromatic carbocycles. The second-order valence-corrected chi connectivity index (χ2v) is 41.5. The molecule has 734 valence electrons. The van der Waals surface area contributed by atoms with E-state index in [4.69, 9.17) is 46.7 Å². The fourth-order valence-electron chi connectivity index (χ4n) is 14.7. The van der Waals surface area contributed by atoms with Crippen molar-refractivity contribution in [3.05, 3.63) is 284 Å². The summed E-state index contributed by atoms with van der Waals surface area (Å²) in [4.78, 5) is 70.6. The number of nitrogens with zero attached hydrogens (tertiary/aromatic N) is 16. The predicted molar refractivity (Wildman–Crippen MR) is 554 cm³/mol. The molecule has 0 bridgehead atoms. The highest BCUT2D eigenvalue weighted by Crippen LogP contribution is 2.47. The van der Waals surface area contributed by atoms with Gasteiger partial charge < -0.3 is 50.7 Å². The number of aryl methyl sites for hydroxylation is 3. The fraction of sp³-hybridized carbons (Fsp3) is 0.351. The Morgan fingerprint density at radius 2 is 0.871 bits per heavy atom. The number of carbonyl (C=O) groups excluding carboxylic acids is 4. The van der Waals surface area contributed by atoms with Crippen LogP contribution in [0.3, 0.4) is 0 Å². The van der Waals surface area contributed by atoms with Gasteiger partial charge in [-0.3, -0.25) is 4.18 Å². The number of carboxylic acid groups (broad SMARTS) is 1. The van der Waals surface area contributed by atoms with Crippen molar-refractivity contribution in [1.29, 1.82) is 0 Å². The highest BCUT2D eigenvalue weighted by molar-refractivity contribution is 9.11. The van der Waals surface area contributed by atoms with Gasteiger partial charge in [-0.1, -0.05) is 51.6 Å². The van der Waals surface area contributed by atoms with E-state index < -0.39 is 47.1 Å². The lowest BCUT2D eigenvalue weighted by Gasteiger charge is -2.09. The maximum atomic E-state index is 12.0. The van der Waals surface area contributed by atoms with E-state index in [0.717, 1.165) is 121 Å². The van der Waals surface area contributed by atoms with Crippen LogP contribution in [0.25, 0.3) is 38.0 Å². The van der Waals surface area contributed by atoms with Crippen molar-refractivity contribution in [1.82, 2.24) is 63.0 Å². The maximum absolute atomic E-state index is 12.0. The van der Waals surface area contributed by atoms with E-state index in [1.807, 2.05) is 88.9 Å². The van der Waals surface area contributed by atoms with Gasteiger partial charge in [-0.05, 0) is 430 Å². The van der Waals surface area contributed by atoms with Crippen molar-refractivity contribution >= 4 is 198 Å². The van der Waals surface area contributed by atoms with Gasteiger partial charge in [0.2, 0.25) is 0 Å². The van der Waals surface area contributed by atoms with E-state index in [1.54, 1.807) is 59.4 Å². The zero-order valence-electron chi connectivity index (χ0n) is 77.5. The molecule has 22 rings (SSSR count). The number of nitrogens with two attached hydrogens (primary N) is 2. The molecule has 43 heteroatoms. The Morgan fingerprint density at radius 3 is 1.24 bits per heavy atom. The first-order valence-electron chi connectivity index (χ1n) is 44.5. The number of terminal acetylenes is 1. The lowest BCUT2D eigenvalue weighted by molar-refractivity contribution is -0.133. The van der Waals surface area contributed by atoms with Gasteiger partial charge >= 0.3 is 37.0 Å². The summed E-state index contributed by atoms with van der Waals surface area (Å²) in [5.41, 5.74) is 37.2. The first-order valence-corrected chi connectivity index (χ1v) is 51.5. The molecule has 0 radical (unpaired) electrons. The van der Waals surface area contributed by atoms with Gasteiger partial charge in [0.15, 0.2) is 17.1 Å². The normalized spacial score (nSPS) is 14.6. The topological polar surface area (TPSA) is 473 Å². The number of benzene rings is 1. The molecule has 0 spiro atoms. The van der Waals surface area contributed by atoms with Crippen molar-refractivity contribution in [2.24, 2.45) is 5.11 Å². The summed E-state index contributed by atoms with van der Waals surface area (Å²) in [6.07, 6.45) is 29.6. The zero-order chi connectivity index (χ0) is 101. The molecule has 8 aliphatic carbocycles. The summed E-state index contributed by atoms with van der Waals surface area (Å²) in [6.45, 7) is 5.76. The highest BCUT2D eigenvalue weighted by atomic mass is 79.9. The monoisotopic (exact) mass is 2370 g/mol. The third-order valence-corrected chi connectivity index (χ3v) is 28.2. The third kappa shape index (κ3) is 30.8. The molecule has 13 aromatic heterocycles. The molecule has 0 amide bonds. The molecule has 8 saturated carbocycles. The van der Waals surface area contributed by atoms with Crippen LogP contribution in [0, 0.1) is 33.1 Å². The number of hydrogen-bond acceptors (Lipinski definition) is 26. The van der Waals surface area contributed by atoms with Crippen LogP contribution in [-0.4, -0.2) is 164 Å². The van der Waals surface area contributed by atoms with Gasteiger partial charge in [-0.2, -0.15) is 33.9 Å². The smallest absolute Gasteiger partial charge is 0.454 e. The number of aliphatic hydroxyl groups excluding tert-OH is 1. The number of methoxy groups -OCH3 is 4. The summed E-state index contributed by atoms with van der Waals surface area (Å²) in [6, 6.07) is 43.3. The molecule has 0 unspecified atom stereocenters. The predicted octanol–water partition coefficient (Wildman–Crippen LogP) is 21.3. The van der Waals surface area contributed by atoms with E-state index >= 15 is 0 Å². The van der Waals surface area contributed by atoms with E-state index in [1.165, 1.54) is 150 Å². The number of nitrogen functional groups attached to an aromatic ring is 2. The minimum atomic E-state index is -3.58. The van der Waals surface area contributed by atoms with Gasteiger partial charge in [0.1, 0.15) is 44.8 Å². The zero-order valence-corrected chi connectivity index (χ0v) is 89.4. The van der Waals surface area contributed by atoms with E-state index in [2.05, 4.69) is 231 Å². The number of aromatic nitrogens is 13. The first-order chi connectivity index (χ1) is 66.9. The van der Waals surface area contributed by atoms with Crippen molar-refractivity contribution in [3.63, 3.8) is 0 Å². The second kappa shape index (κ2) is 49.7. The first kappa shape index (κ1) is 108. The van der Waals surface area contributed by atoms with Crippen molar-refractivity contribution < 1.29 is 75.8 Å². The van der Waals surface area contributed by atoms with Crippen molar-refractivity contribution in [2.75, 3.05) is 47.0 Å². The molecule has 8 aliphatic rings. The number of esters is 4. The Balaban J connectivity index is 0.000000140. The fourth-order valence-corrected chi connectivity index (χ4v) is 19.2. The quantitative estimate of drug-likeness (QED) is 0.00471. The van der Waals surface area contributed by atoms with Crippen LogP contribution >= 0.6 is 112 Å². The minimum absolute atomic E-state index is 0.00706. The van der Waals surface area contributed by atoms with Crippen LogP contribution < -0.4 is 11.5 Å². The van der Waals surface area contributed by atoms with Gasteiger partial charge in [-0.15, -0.1) is 6.42 Å². The summed E-state index contributed by atoms with van der Waals surface area (Å²) >= 11 is 23.9. The largest absolute Gasteiger partial charge is 0.476 e. The second-order valence-electron chi connectivity index (χ2n) is 34.1. The third-order valence-electron chi connectivity index (χ3n) is 22.9. The van der Waals surface area contributed by atoms with E-state index in [-0.39, 0.29) is 34.3 Å². The molecular formula is C97H102BBr7N18O16S. The summed E-state index contributed by atoms with van der Waals surface area (Å²) in [5.74, 6) is 4.73. The Bertz CT molecular complexity index is 6980. The lowest BCUT2D eigenvalue weighted by atomic mass is 9.84. The van der Waals surface area contributed by atoms with Crippen molar-refractivity contribution in [2.45, 2.75) is 189 Å². The number of aliphatic hydroxyl groups is 1. The molecule has 0 aliphatic heterocycles. The van der Waals surface area contributed by atoms with E-state index in [0.29, 0.717) is 63.4 Å². The number of pyridine rings is 8. The van der Waals surface area contributed by atoms with Crippen LogP contribution in [0.5, 0.6) is 0 Å². The Kier molecular flexibility index (Phi) is 38.3. The molecule has 14 aromatic rings. The number of carbonyl (C=O) groups is 5. The summed E-state index contributed by atoms with van der Waals surface area (Å²) in [7, 11) is 1.68. The number of ether oxygens (including phenoxy) is 4. The Hall–Kier alpha value is -10.8. The van der Waals surface area contributed by atoms with Crippen LogP contribution in [0.4, 0.5) is 11.6 Å². The molecule has 8 fully saturated rings. The van der Waals surface area contributed by atoms with Crippen LogP contribution in [0.15, 0.2) is 194 Å². The van der Waals surface area contributed by atoms with Crippen LogP contribution in [0.1, 0.15) is 253 Å². The number of anilines is 2. The van der Waals surface area contributed by atoms with Gasteiger partial charge in [0.25, 0.3) is 10.1 Å². The molecule has 0 saturated heterocycles. The SMILES string of the molecule is Brc1cc(C2CC2)ccn1.C#CC(=O)OC.COC(=O)c1cc2cc(C3CC3)cc(Br)n2n1.COC(=O)c1nn2c(Br)cc(C3CC3)cc2c1C(=O)OC.COS(=O)(=O)c1c(C)cc(C)cc1C.Nc1cc(Br)ccn1.Nc1cc(C2CC2)ccn1.O=C(O)c1cc2cc(C3CC3)cc(Br)n2n1.OB(O)C1CC1.OCc1cc2cc(C3CC3)cc(Br)n2n1.[N-]=[N+]=NCc1cc2cc(C3CC3)cc(Br)n2n1. The van der Waals surface area contributed by atoms with Gasteiger partial charge in [-0.25, -0.2) is 61.5 Å². The number of rotatable bonds is 17. The number of hydrogen-bond donors (Lipinski definition) is 6. The summed E-state index contributed by atoms with van der Waals surface area (Å²) < 4.78 is 60.4. The van der Waals surface area contributed by atoms with Gasteiger partial charge in [0, 0.05) is 33.9 Å². The molecule has 8 N–H and O–H groups in total. The number of halogens is 7. The molecule has 13 heterocycles. The standard InChI is InChI=1S/C14H13BrN2O4.C12H11BrN2O2.C11H10BrN5.C11H9BrN2O2.C11H11BrN2O.C10H14O3S.C8H8BrN.C8H10N2.C5H5BrN2.C4H4O2.C3H7BO2/c1-20-13(18)11-9-5-8(7-3-4-7)6-10(15)17(9)16-12(11)14(19)21-2;1-17-12(16)10-6-9-4-8(7-2-3-7)5-11(13)15(9)14-10;12-11-4-8(7-1-2-7)3-10-5-9(6-14-16-13)15-17(10)11;12-10-4-7(6-1-2-6)3-8-5-9(11(15)16)13-14(8)10;12-11-4-8(7-1-2-7)3-10-5-9(6-15)13-14(10)11;1-7-5-8(2)10(9(3)6-7)14(11,12)13-4;2*9-8-5-7(3-4-10-8)6-1-2-6;6-4-1-2-8-5(7)3-4;1-3-4(5)6-2;5-4(6)3-1-2-3/h5-7H,3-4H2,1-2H3;4-7H,2-3H2,1H3;3-5,7H,1-2,6H2;3-6H,1-2H2,(H,15,16);3-5,7,15H,1-2,6H2;5-6H,1-4H3;3-6H,1-2H2;3-6H,1-2H2,(H2,9,10);1-3H,(H2,7,8);1H,2H3;3,5-6H,1-2H2. The molecular weight excluding hydrogens is 2280 g/mol. The number of azide groups is 1. The summed E-state index contributed by atoms with van der Waals surface area (Å²) in [5, 5.41) is 58.9. The van der Waals surface area contributed by atoms with E-state index in [9.17, 15) is 32.4 Å². The van der Waals surface area contributed by atoms with Crippen molar-refractivity contribution in [3.8, 4) is 12.3 Å². The van der Waals surface area contributed by atoms with Crippen LogP contribution in [-0.2, 0) is 51.2 Å². The molecule has 0 atom stereocenters. The Morgan fingerprint density at radius 1 is 0.479 bits per heavy atom. The Labute approximate surface area is 866 Å². The maximum Gasteiger partial charge on any atom is 0.454 e. The minimum Gasteiger partial charge on any atom is -0.476 e. The molecule has 140 heavy (non-hydrogen) atoms. The average molecular weight is 2380 g/mol. The molecule has 34 nitrogen and oxygen atoms in total. The van der Waals surface area contributed by atoms with Gasteiger partial charge in [0.05, 0.1) is 92.6 Å². The average Bonchev–Trinajstić information content (AvgIpc) is 1.60. The highest BCUT2D eigenvalue weighted by Gasteiger charge is 2.35. The number of carboxylic acids is 1. The lowest BCUT2D eigenvalue weighted by Crippen LogP contribution is -2.10. The van der Waals surface area contributed by atoms with Crippen LogP contribution in [0.2, 0.25) is 5.82 Å². The number of fused-ring (bicyclic) bond motifs is 5.